The lowest BCUT2D eigenvalue weighted by atomic mass is 10.3. The summed E-state index contributed by atoms with van der Waals surface area (Å²) < 4.78 is 1.60. The van der Waals surface area contributed by atoms with Crippen LogP contribution in [0.1, 0.15) is 5.56 Å². The number of tetrazole rings is 1. The van der Waals surface area contributed by atoms with Crippen LogP contribution in [0.15, 0.2) is 52.8 Å². The van der Waals surface area contributed by atoms with Crippen LogP contribution < -0.4 is 0 Å². The Bertz CT molecular complexity index is 811. The lowest BCUT2D eigenvalue weighted by Gasteiger charge is -2.04. The lowest BCUT2D eigenvalue weighted by Crippen LogP contribution is -1.98. The first-order valence-electron chi connectivity index (χ1n) is 5.85. The Labute approximate surface area is 129 Å². The number of hydrogen-bond donors (Lipinski definition) is 0. The first-order valence-corrected chi connectivity index (χ1v) is 7.04. The summed E-state index contributed by atoms with van der Waals surface area (Å²) in [5.74, 6) is 0. The highest BCUT2D eigenvalue weighted by Crippen LogP contribution is 2.31. The zero-order valence-corrected chi connectivity index (χ0v) is 12.1. The molecule has 3 rings (SSSR count). The fourth-order valence-corrected chi connectivity index (χ4v) is 2.64. The van der Waals surface area contributed by atoms with Crippen molar-refractivity contribution >= 4 is 23.4 Å². The van der Waals surface area contributed by atoms with Gasteiger partial charge >= 0.3 is 0 Å². The normalized spacial score (nSPS) is 10.3. The van der Waals surface area contributed by atoms with Crippen LogP contribution in [0.5, 0.6) is 0 Å². The molecule has 0 aliphatic carbocycles. The molecule has 0 amide bonds. The molecule has 21 heavy (non-hydrogen) atoms. The molecule has 0 N–H and O–H groups in total. The summed E-state index contributed by atoms with van der Waals surface area (Å²) in [6.45, 7) is 0. The molecular formula is C13H7ClN6S. The molecule has 0 bridgehead atoms. The summed E-state index contributed by atoms with van der Waals surface area (Å²) in [6, 6.07) is 13.1. The Morgan fingerprint density at radius 1 is 1.24 bits per heavy atom. The Hall–Kier alpha value is -2.43. The van der Waals surface area contributed by atoms with E-state index >= 15 is 0 Å². The van der Waals surface area contributed by atoms with Gasteiger partial charge in [-0.1, -0.05) is 29.8 Å². The monoisotopic (exact) mass is 314 g/mol. The Morgan fingerprint density at radius 2 is 2.05 bits per heavy atom. The van der Waals surface area contributed by atoms with Gasteiger partial charge in [-0.05, 0) is 40.4 Å². The van der Waals surface area contributed by atoms with Gasteiger partial charge in [-0.3, -0.25) is 0 Å². The predicted molar refractivity (Wildman–Crippen MR) is 77.2 cm³/mol. The van der Waals surface area contributed by atoms with E-state index in [0.29, 0.717) is 20.8 Å². The number of rotatable bonds is 3. The van der Waals surface area contributed by atoms with Crippen LogP contribution in [0.25, 0.3) is 5.69 Å². The van der Waals surface area contributed by atoms with Gasteiger partial charge in [0.05, 0.1) is 16.3 Å². The molecule has 2 heterocycles. The molecule has 0 saturated heterocycles. The number of pyridine rings is 1. The van der Waals surface area contributed by atoms with E-state index in [9.17, 15) is 0 Å². The summed E-state index contributed by atoms with van der Waals surface area (Å²) in [7, 11) is 0. The van der Waals surface area contributed by atoms with Gasteiger partial charge in [0.2, 0.25) is 5.16 Å². The van der Waals surface area contributed by atoms with Gasteiger partial charge < -0.3 is 0 Å². The lowest BCUT2D eigenvalue weighted by molar-refractivity contribution is 0.756. The quantitative estimate of drug-likeness (QED) is 0.739. The molecule has 2 aromatic heterocycles. The van der Waals surface area contributed by atoms with Crippen LogP contribution in [0.4, 0.5) is 0 Å². The predicted octanol–water partition coefficient (Wildman–Crippen LogP) is 2.73. The number of nitrogens with zero attached hydrogens (tertiary/aromatic N) is 6. The average Bonchev–Trinajstić information content (AvgIpc) is 2.98. The van der Waals surface area contributed by atoms with E-state index in [-0.39, 0.29) is 0 Å². The second-order valence-corrected chi connectivity index (χ2v) is 5.30. The molecule has 0 aliphatic heterocycles. The standard InChI is InChI=1S/C13H7ClN6S/c14-11-6-9(7-15)8-16-12(11)21-13-17-18-19-20(13)10-4-2-1-3-5-10/h1-6,8H. The van der Waals surface area contributed by atoms with E-state index in [1.807, 2.05) is 36.4 Å². The minimum Gasteiger partial charge on any atom is -0.247 e. The van der Waals surface area contributed by atoms with Crippen molar-refractivity contribution in [3.8, 4) is 11.8 Å². The van der Waals surface area contributed by atoms with Crippen LogP contribution >= 0.6 is 23.4 Å². The Kier molecular flexibility index (Phi) is 3.81. The maximum absolute atomic E-state index is 8.81. The van der Waals surface area contributed by atoms with E-state index in [2.05, 4.69) is 20.5 Å². The topological polar surface area (TPSA) is 80.3 Å². The third-order valence-electron chi connectivity index (χ3n) is 2.57. The van der Waals surface area contributed by atoms with Gasteiger partial charge in [0.1, 0.15) is 11.1 Å². The molecule has 8 heteroatoms. The molecule has 0 spiro atoms. The molecule has 0 saturated carbocycles. The number of benzene rings is 1. The zero-order valence-electron chi connectivity index (χ0n) is 10.5. The van der Waals surface area contributed by atoms with E-state index < -0.39 is 0 Å². The summed E-state index contributed by atoms with van der Waals surface area (Å²) >= 11 is 7.35. The van der Waals surface area contributed by atoms with Crippen molar-refractivity contribution in [1.82, 2.24) is 25.2 Å². The maximum atomic E-state index is 8.81. The number of halogens is 1. The average molecular weight is 315 g/mol. The van der Waals surface area contributed by atoms with Gasteiger partial charge in [0.15, 0.2) is 0 Å². The molecule has 102 valence electrons. The van der Waals surface area contributed by atoms with E-state index in [1.165, 1.54) is 18.0 Å². The molecular weight excluding hydrogens is 308 g/mol. The smallest absolute Gasteiger partial charge is 0.220 e. The third-order valence-corrected chi connectivity index (χ3v) is 3.92. The van der Waals surface area contributed by atoms with Gasteiger partial charge in [0, 0.05) is 6.20 Å². The largest absolute Gasteiger partial charge is 0.247 e. The fraction of sp³-hybridized carbons (Fsp3) is 0. The van der Waals surface area contributed by atoms with Gasteiger partial charge in [0.25, 0.3) is 0 Å². The maximum Gasteiger partial charge on any atom is 0.220 e. The summed E-state index contributed by atoms with van der Waals surface area (Å²) in [6.07, 6.45) is 1.46. The highest BCUT2D eigenvalue weighted by Gasteiger charge is 2.13. The molecule has 0 aliphatic rings. The van der Waals surface area contributed by atoms with Crippen molar-refractivity contribution in [1.29, 1.82) is 5.26 Å². The fourth-order valence-electron chi connectivity index (χ4n) is 1.62. The molecule has 0 unspecified atom stereocenters. The first kappa shape index (κ1) is 13.5. The second kappa shape index (κ2) is 5.91. The Balaban J connectivity index is 1.94. The van der Waals surface area contributed by atoms with Gasteiger partial charge in [-0.2, -0.15) is 9.94 Å². The van der Waals surface area contributed by atoms with Crippen LogP contribution in [-0.4, -0.2) is 25.2 Å². The van der Waals surface area contributed by atoms with E-state index in [0.717, 1.165) is 5.69 Å². The molecule has 0 atom stereocenters. The van der Waals surface area contributed by atoms with Crippen molar-refractivity contribution < 1.29 is 0 Å². The van der Waals surface area contributed by atoms with Crippen molar-refractivity contribution in [2.24, 2.45) is 0 Å². The van der Waals surface area contributed by atoms with Crippen molar-refractivity contribution in [2.75, 3.05) is 0 Å². The second-order valence-electron chi connectivity index (χ2n) is 3.93. The minimum absolute atomic E-state index is 0.390. The highest BCUT2D eigenvalue weighted by molar-refractivity contribution is 7.99. The van der Waals surface area contributed by atoms with E-state index in [1.54, 1.807) is 10.7 Å². The van der Waals surface area contributed by atoms with Crippen LogP contribution in [0.2, 0.25) is 5.02 Å². The van der Waals surface area contributed by atoms with Gasteiger partial charge in [-0.25, -0.2) is 4.98 Å². The zero-order chi connectivity index (χ0) is 14.7. The van der Waals surface area contributed by atoms with E-state index in [4.69, 9.17) is 16.9 Å². The molecule has 0 radical (unpaired) electrons. The molecule has 0 fully saturated rings. The van der Waals surface area contributed by atoms with Crippen LogP contribution in [0.3, 0.4) is 0 Å². The highest BCUT2D eigenvalue weighted by atomic mass is 35.5. The number of aromatic nitrogens is 5. The first-order chi connectivity index (χ1) is 10.3. The van der Waals surface area contributed by atoms with Crippen LogP contribution in [0, 0.1) is 11.3 Å². The van der Waals surface area contributed by atoms with Gasteiger partial charge in [-0.15, -0.1) is 5.10 Å². The summed E-state index contributed by atoms with van der Waals surface area (Å²) in [5.41, 5.74) is 1.25. The summed E-state index contributed by atoms with van der Waals surface area (Å²) in [4.78, 5) is 4.16. The molecule has 3 aromatic rings. The molecule has 6 nitrogen and oxygen atoms in total. The number of para-hydroxylation sites is 1. The van der Waals surface area contributed by atoms with Crippen molar-refractivity contribution in [3.05, 3.63) is 53.2 Å². The Morgan fingerprint density at radius 3 is 2.76 bits per heavy atom. The number of hydrogen-bond acceptors (Lipinski definition) is 6. The SMILES string of the molecule is N#Cc1cnc(Sc2nnnn2-c2ccccc2)c(Cl)c1. The number of nitriles is 1. The third kappa shape index (κ3) is 2.86. The van der Waals surface area contributed by atoms with Crippen molar-refractivity contribution in [2.45, 2.75) is 10.2 Å². The molecule has 1 aromatic carbocycles. The minimum atomic E-state index is 0.390. The van der Waals surface area contributed by atoms with Crippen molar-refractivity contribution in [3.63, 3.8) is 0 Å². The van der Waals surface area contributed by atoms with Crippen LogP contribution in [-0.2, 0) is 0 Å². The summed E-state index contributed by atoms with van der Waals surface area (Å²) in [5, 5.41) is 21.9.